The van der Waals surface area contributed by atoms with E-state index in [-0.39, 0.29) is 0 Å². The molecule has 0 N–H and O–H groups in total. The molecule has 0 amide bonds. The Morgan fingerprint density at radius 2 is 2.11 bits per heavy atom. The van der Waals surface area contributed by atoms with Crippen molar-refractivity contribution >= 4 is 0 Å². The molecule has 1 aliphatic rings. The van der Waals surface area contributed by atoms with Gasteiger partial charge in [-0.05, 0) is 18.8 Å². The number of hydrogen-bond acceptors (Lipinski definition) is 0. The minimum atomic E-state index is 1.12. The molecule has 1 fully saturated rings. The molecule has 9 heavy (non-hydrogen) atoms. The summed E-state index contributed by atoms with van der Waals surface area (Å²) in [4.78, 5) is 0. The maximum Gasteiger partial charge on any atom is -0.0353 e. The van der Waals surface area contributed by atoms with Crippen LogP contribution in [0.25, 0.3) is 0 Å². The lowest BCUT2D eigenvalue weighted by Gasteiger charge is -1.93. The molecule has 1 saturated carbocycles. The molecule has 0 aromatic rings. The smallest absolute Gasteiger partial charge is 0.0353 e. The Morgan fingerprint density at radius 1 is 1.33 bits per heavy atom. The zero-order valence-electron chi connectivity index (χ0n) is 6.10. The van der Waals surface area contributed by atoms with Crippen molar-refractivity contribution in [3.8, 4) is 0 Å². The summed E-state index contributed by atoms with van der Waals surface area (Å²) < 4.78 is 0. The van der Waals surface area contributed by atoms with Crippen LogP contribution >= 0.6 is 0 Å². The van der Waals surface area contributed by atoms with E-state index in [1.807, 2.05) is 6.08 Å². The fourth-order valence-corrected chi connectivity index (χ4v) is 1.13. The van der Waals surface area contributed by atoms with Gasteiger partial charge in [-0.25, -0.2) is 0 Å². The van der Waals surface area contributed by atoms with Gasteiger partial charge >= 0.3 is 0 Å². The summed E-state index contributed by atoms with van der Waals surface area (Å²) in [6.45, 7) is 3.69. The maximum absolute atomic E-state index is 3.69. The highest BCUT2D eigenvalue weighted by Crippen LogP contribution is 2.33. The summed E-state index contributed by atoms with van der Waals surface area (Å²) in [6, 6.07) is 0. The molecular weight excluding hydrogens is 108 g/mol. The van der Waals surface area contributed by atoms with Crippen molar-refractivity contribution in [2.24, 2.45) is 5.92 Å². The normalized spacial score (nSPS) is 17.8. The second-order valence-corrected chi connectivity index (χ2v) is 3.02. The lowest BCUT2D eigenvalue weighted by atomic mass is 10.1. The Kier molecular flexibility index (Phi) is 2.82. The summed E-state index contributed by atoms with van der Waals surface area (Å²) in [6.07, 6.45) is 10.5. The van der Waals surface area contributed by atoms with Gasteiger partial charge in [-0.1, -0.05) is 31.8 Å². The Bertz CT molecular complexity index is 80.0. The average molecular weight is 124 g/mol. The van der Waals surface area contributed by atoms with Crippen molar-refractivity contribution in [3.05, 3.63) is 12.7 Å². The van der Waals surface area contributed by atoms with Crippen molar-refractivity contribution in [1.82, 2.24) is 0 Å². The van der Waals surface area contributed by atoms with E-state index in [1.165, 1.54) is 38.5 Å². The van der Waals surface area contributed by atoms with Crippen LogP contribution in [-0.4, -0.2) is 0 Å². The zero-order chi connectivity index (χ0) is 6.53. The van der Waals surface area contributed by atoms with Crippen LogP contribution in [-0.2, 0) is 0 Å². The second kappa shape index (κ2) is 3.71. The number of allylic oxidation sites excluding steroid dienone is 1. The molecule has 0 heterocycles. The molecule has 0 atom stereocenters. The molecule has 0 nitrogen and oxygen atoms in total. The fraction of sp³-hybridized carbons (Fsp3) is 0.778. The first kappa shape index (κ1) is 6.85. The molecule has 0 saturated heterocycles. The first-order valence-corrected chi connectivity index (χ1v) is 4.04. The van der Waals surface area contributed by atoms with Crippen LogP contribution in [0.1, 0.15) is 38.5 Å². The minimum Gasteiger partial charge on any atom is -0.103 e. The highest BCUT2D eigenvalue weighted by Gasteiger charge is 2.19. The van der Waals surface area contributed by atoms with Gasteiger partial charge < -0.3 is 0 Å². The first-order valence-electron chi connectivity index (χ1n) is 4.04. The molecule has 0 spiro atoms. The van der Waals surface area contributed by atoms with Gasteiger partial charge in [0.05, 0.1) is 0 Å². The van der Waals surface area contributed by atoms with Gasteiger partial charge in [0.15, 0.2) is 0 Å². The molecule has 52 valence electrons. The van der Waals surface area contributed by atoms with E-state index in [4.69, 9.17) is 0 Å². The van der Waals surface area contributed by atoms with Gasteiger partial charge in [-0.3, -0.25) is 0 Å². The summed E-state index contributed by atoms with van der Waals surface area (Å²) in [5.41, 5.74) is 0. The van der Waals surface area contributed by atoms with E-state index in [1.54, 1.807) is 0 Å². The molecule has 0 radical (unpaired) electrons. The van der Waals surface area contributed by atoms with Gasteiger partial charge in [0.2, 0.25) is 0 Å². The third-order valence-corrected chi connectivity index (χ3v) is 1.97. The minimum absolute atomic E-state index is 1.12. The van der Waals surface area contributed by atoms with Crippen molar-refractivity contribution in [1.29, 1.82) is 0 Å². The largest absolute Gasteiger partial charge is 0.103 e. The van der Waals surface area contributed by atoms with Gasteiger partial charge in [-0.15, -0.1) is 6.58 Å². The highest BCUT2D eigenvalue weighted by molar-refractivity contribution is 4.73. The summed E-state index contributed by atoms with van der Waals surface area (Å²) in [5.74, 6) is 1.12. The second-order valence-electron chi connectivity index (χ2n) is 3.02. The van der Waals surface area contributed by atoms with Crippen LogP contribution in [0.4, 0.5) is 0 Å². The molecule has 1 rings (SSSR count). The van der Waals surface area contributed by atoms with Crippen molar-refractivity contribution in [2.75, 3.05) is 0 Å². The predicted octanol–water partition coefficient (Wildman–Crippen LogP) is 3.14. The molecular formula is C9H16. The van der Waals surface area contributed by atoms with Crippen molar-refractivity contribution in [3.63, 3.8) is 0 Å². The van der Waals surface area contributed by atoms with Gasteiger partial charge in [-0.2, -0.15) is 0 Å². The standard InChI is InChI=1S/C9H16/c1-2-3-4-5-6-9-7-8-9/h2,9H,1,3-8H2. The average Bonchev–Trinajstić information content (AvgIpc) is 2.63. The Morgan fingerprint density at radius 3 is 2.67 bits per heavy atom. The van der Waals surface area contributed by atoms with Crippen LogP contribution in [0.2, 0.25) is 0 Å². The van der Waals surface area contributed by atoms with Gasteiger partial charge in [0, 0.05) is 0 Å². The maximum atomic E-state index is 3.69. The quantitative estimate of drug-likeness (QED) is 0.390. The molecule has 1 aliphatic carbocycles. The van der Waals surface area contributed by atoms with Crippen LogP contribution in [0.15, 0.2) is 12.7 Å². The van der Waals surface area contributed by atoms with E-state index in [0.29, 0.717) is 0 Å². The summed E-state index contributed by atoms with van der Waals surface area (Å²) in [5, 5.41) is 0. The van der Waals surface area contributed by atoms with E-state index in [9.17, 15) is 0 Å². The monoisotopic (exact) mass is 124 g/mol. The predicted molar refractivity (Wildman–Crippen MR) is 41.4 cm³/mol. The van der Waals surface area contributed by atoms with Gasteiger partial charge in [0.1, 0.15) is 0 Å². The molecule has 0 aliphatic heterocycles. The van der Waals surface area contributed by atoms with E-state index < -0.39 is 0 Å². The molecule has 0 unspecified atom stereocenters. The molecule has 0 bridgehead atoms. The third-order valence-electron chi connectivity index (χ3n) is 1.97. The molecule has 0 aromatic heterocycles. The van der Waals surface area contributed by atoms with Gasteiger partial charge in [0.25, 0.3) is 0 Å². The number of rotatable bonds is 5. The Balaban J connectivity index is 1.75. The number of unbranched alkanes of at least 4 members (excludes halogenated alkanes) is 2. The Labute approximate surface area is 58.0 Å². The van der Waals surface area contributed by atoms with E-state index in [2.05, 4.69) is 6.58 Å². The van der Waals surface area contributed by atoms with Crippen molar-refractivity contribution in [2.45, 2.75) is 38.5 Å². The number of hydrogen-bond donors (Lipinski definition) is 0. The molecule has 0 aromatic carbocycles. The van der Waals surface area contributed by atoms with Crippen molar-refractivity contribution < 1.29 is 0 Å². The van der Waals surface area contributed by atoms with Crippen LogP contribution in [0.3, 0.4) is 0 Å². The van der Waals surface area contributed by atoms with Crippen LogP contribution < -0.4 is 0 Å². The first-order chi connectivity index (χ1) is 4.43. The molecule has 0 heteroatoms. The fourth-order valence-electron chi connectivity index (χ4n) is 1.13. The zero-order valence-corrected chi connectivity index (χ0v) is 6.10. The topological polar surface area (TPSA) is 0 Å². The van der Waals surface area contributed by atoms with Crippen LogP contribution in [0, 0.1) is 5.92 Å². The van der Waals surface area contributed by atoms with Crippen LogP contribution in [0.5, 0.6) is 0 Å². The van der Waals surface area contributed by atoms with E-state index >= 15 is 0 Å². The third kappa shape index (κ3) is 3.34. The van der Waals surface area contributed by atoms with E-state index in [0.717, 1.165) is 5.92 Å². The SMILES string of the molecule is C=CCCCCC1CC1. The summed E-state index contributed by atoms with van der Waals surface area (Å²) >= 11 is 0. The lowest BCUT2D eigenvalue weighted by molar-refractivity contribution is 0.634. The highest BCUT2D eigenvalue weighted by atomic mass is 14.2. The Hall–Kier alpha value is -0.260. The summed E-state index contributed by atoms with van der Waals surface area (Å²) in [7, 11) is 0. The lowest BCUT2D eigenvalue weighted by Crippen LogP contribution is -1.76.